The van der Waals surface area contributed by atoms with Crippen molar-refractivity contribution in [3.63, 3.8) is 0 Å². The number of phenolic OH excluding ortho intramolecular Hbond substituents is 2. The number of carbonyl (C=O) groups is 2. The molecule has 25 heavy (non-hydrogen) atoms. The van der Waals surface area contributed by atoms with Crippen LogP contribution in [0.2, 0.25) is 0 Å². The van der Waals surface area contributed by atoms with Gasteiger partial charge in [-0.2, -0.15) is 0 Å². The zero-order valence-electron chi connectivity index (χ0n) is 14.4. The number of nitrogens with zero attached hydrogens (tertiary/aromatic N) is 1. The summed E-state index contributed by atoms with van der Waals surface area (Å²) in [6, 6.07) is 2.70. The maximum atomic E-state index is 12.0. The summed E-state index contributed by atoms with van der Waals surface area (Å²) in [7, 11) is 0. The summed E-state index contributed by atoms with van der Waals surface area (Å²) < 4.78 is 10.1. The van der Waals surface area contributed by atoms with Gasteiger partial charge in [-0.15, -0.1) is 0 Å². The van der Waals surface area contributed by atoms with Gasteiger partial charge in [-0.1, -0.05) is 19.0 Å². The van der Waals surface area contributed by atoms with E-state index in [4.69, 9.17) is 9.26 Å². The minimum absolute atomic E-state index is 0.00152. The molecule has 0 aliphatic heterocycles. The third-order valence-electron chi connectivity index (χ3n) is 3.47. The number of nitrogens with one attached hydrogen (secondary N) is 1. The number of esters is 1. The van der Waals surface area contributed by atoms with E-state index >= 15 is 0 Å². The lowest BCUT2D eigenvalue weighted by Gasteiger charge is -2.12. The molecule has 0 spiro atoms. The molecular weight excluding hydrogens is 328 g/mol. The SMILES string of the molecule is CCOC(=O)c1noc(-c2cc(C(C)C)c(O)cc2O)c1NC(C)=O. The molecule has 2 aromatic rings. The van der Waals surface area contributed by atoms with Crippen molar-refractivity contribution in [3.05, 3.63) is 23.4 Å². The van der Waals surface area contributed by atoms with Gasteiger partial charge in [0.25, 0.3) is 0 Å². The summed E-state index contributed by atoms with van der Waals surface area (Å²) in [6.07, 6.45) is 0. The number of hydrogen-bond acceptors (Lipinski definition) is 7. The molecule has 1 heterocycles. The van der Waals surface area contributed by atoms with Gasteiger partial charge in [-0.25, -0.2) is 4.79 Å². The van der Waals surface area contributed by atoms with Gasteiger partial charge >= 0.3 is 5.97 Å². The third kappa shape index (κ3) is 3.73. The maximum Gasteiger partial charge on any atom is 0.362 e. The van der Waals surface area contributed by atoms with E-state index in [1.54, 1.807) is 6.92 Å². The largest absolute Gasteiger partial charge is 0.508 e. The van der Waals surface area contributed by atoms with Gasteiger partial charge in [0.15, 0.2) is 5.76 Å². The molecule has 8 heteroatoms. The van der Waals surface area contributed by atoms with Gasteiger partial charge < -0.3 is 24.8 Å². The summed E-state index contributed by atoms with van der Waals surface area (Å²) in [5, 5.41) is 26.3. The second kappa shape index (κ2) is 7.25. The Morgan fingerprint density at radius 2 is 1.96 bits per heavy atom. The predicted octanol–water partition coefficient (Wildman–Crippen LogP) is 3.01. The molecule has 0 unspecified atom stereocenters. The fourth-order valence-electron chi connectivity index (χ4n) is 2.34. The monoisotopic (exact) mass is 348 g/mol. The van der Waals surface area contributed by atoms with Gasteiger partial charge in [-0.05, 0) is 24.5 Å². The Labute approximate surface area is 144 Å². The van der Waals surface area contributed by atoms with E-state index in [1.165, 1.54) is 19.1 Å². The van der Waals surface area contributed by atoms with Crippen LogP contribution in [-0.4, -0.2) is 33.9 Å². The third-order valence-corrected chi connectivity index (χ3v) is 3.47. The average molecular weight is 348 g/mol. The van der Waals surface area contributed by atoms with E-state index in [-0.39, 0.29) is 46.7 Å². The molecule has 0 saturated carbocycles. The van der Waals surface area contributed by atoms with Crippen molar-refractivity contribution in [2.45, 2.75) is 33.6 Å². The predicted molar refractivity (Wildman–Crippen MR) is 89.6 cm³/mol. The first-order chi connectivity index (χ1) is 11.8. The highest BCUT2D eigenvalue weighted by Crippen LogP contribution is 2.41. The molecule has 3 N–H and O–H groups in total. The molecule has 0 saturated heterocycles. The molecule has 0 fully saturated rings. The quantitative estimate of drug-likeness (QED) is 0.710. The van der Waals surface area contributed by atoms with Crippen LogP contribution in [-0.2, 0) is 9.53 Å². The molecule has 1 aromatic heterocycles. The Morgan fingerprint density at radius 3 is 2.52 bits per heavy atom. The number of anilines is 1. The zero-order valence-corrected chi connectivity index (χ0v) is 14.4. The zero-order chi connectivity index (χ0) is 18.7. The van der Waals surface area contributed by atoms with Crippen LogP contribution < -0.4 is 5.32 Å². The number of phenols is 2. The topological polar surface area (TPSA) is 122 Å². The molecule has 0 atom stereocenters. The van der Waals surface area contributed by atoms with Gasteiger partial charge in [0.1, 0.15) is 17.2 Å². The lowest BCUT2D eigenvalue weighted by molar-refractivity contribution is -0.114. The highest BCUT2D eigenvalue weighted by molar-refractivity contribution is 6.03. The first-order valence-corrected chi connectivity index (χ1v) is 7.76. The molecule has 1 aromatic carbocycles. The summed E-state index contributed by atoms with van der Waals surface area (Å²) in [5.74, 6) is -1.59. The van der Waals surface area contributed by atoms with Crippen LogP contribution in [0.1, 0.15) is 49.7 Å². The smallest absolute Gasteiger partial charge is 0.362 e. The van der Waals surface area contributed by atoms with Crippen molar-refractivity contribution in [2.75, 3.05) is 11.9 Å². The highest BCUT2D eigenvalue weighted by Gasteiger charge is 2.27. The molecule has 0 aliphatic rings. The second-order valence-electron chi connectivity index (χ2n) is 5.72. The average Bonchev–Trinajstić information content (AvgIpc) is 2.90. The summed E-state index contributed by atoms with van der Waals surface area (Å²) >= 11 is 0. The number of aromatic nitrogens is 1. The summed E-state index contributed by atoms with van der Waals surface area (Å²) in [6.45, 7) is 6.77. The van der Waals surface area contributed by atoms with Crippen molar-refractivity contribution >= 4 is 17.6 Å². The Hall–Kier alpha value is -3.03. The minimum Gasteiger partial charge on any atom is -0.508 e. The van der Waals surface area contributed by atoms with Gasteiger partial charge in [0, 0.05) is 13.0 Å². The number of rotatable bonds is 5. The normalized spacial score (nSPS) is 10.8. The number of ether oxygens (including phenoxy) is 1. The van der Waals surface area contributed by atoms with Gasteiger partial charge in [0.2, 0.25) is 11.6 Å². The second-order valence-corrected chi connectivity index (χ2v) is 5.72. The molecule has 0 radical (unpaired) electrons. The fourth-order valence-corrected chi connectivity index (χ4v) is 2.34. The summed E-state index contributed by atoms with van der Waals surface area (Å²) in [5.41, 5.74) is 0.552. The first kappa shape index (κ1) is 18.3. The lowest BCUT2D eigenvalue weighted by Crippen LogP contribution is -2.12. The molecule has 1 amide bonds. The number of aromatic hydroxyl groups is 2. The van der Waals surface area contributed by atoms with E-state index < -0.39 is 11.9 Å². The number of hydrogen-bond donors (Lipinski definition) is 3. The molecule has 8 nitrogen and oxygen atoms in total. The highest BCUT2D eigenvalue weighted by atomic mass is 16.5. The van der Waals surface area contributed by atoms with Crippen molar-refractivity contribution in [1.29, 1.82) is 0 Å². The molecule has 2 rings (SSSR count). The fraction of sp³-hybridized carbons (Fsp3) is 0.353. The summed E-state index contributed by atoms with van der Waals surface area (Å²) in [4.78, 5) is 23.5. The number of amides is 1. The molecule has 0 aliphatic carbocycles. The van der Waals surface area contributed by atoms with Crippen molar-refractivity contribution in [1.82, 2.24) is 5.16 Å². The van der Waals surface area contributed by atoms with Crippen LogP contribution in [0.4, 0.5) is 5.69 Å². The lowest BCUT2D eigenvalue weighted by atomic mass is 9.97. The van der Waals surface area contributed by atoms with Crippen molar-refractivity contribution < 1.29 is 29.1 Å². The van der Waals surface area contributed by atoms with Crippen LogP contribution in [0, 0.1) is 0 Å². The van der Waals surface area contributed by atoms with E-state index in [9.17, 15) is 19.8 Å². The Bertz CT molecular complexity index is 810. The first-order valence-electron chi connectivity index (χ1n) is 7.76. The van der Waals surface area contributed by atoms with Gasteiger partial charge in [-0.3, -0.25) is 4.79 Å². The standard InChI is InChI=1S/C17H20N2O6/c1-5-24-17(23)15-14(18-9(4)20)16(25-19-15)11-6-10(8(2)3)12(21)7-13(11)22/h6-8,21-22H,5H2,1-4H3,(H,18,20). The van der Waals surface area contributed by atoms with Crippen LogP contribution in [0.15, 0.2) is 16.7 Å². The van der Waals surface area contributed by atoms with E-state index in [0.717, 1.165) is 0 Å². The van der Waals surface area contributed by atoms with Crippen LogP contribution in [0.25, 0.3) is 11.3 Å². The maximum absolute atomic E-state index is 12.0. The van der Waals surface area contributed by atoms with Crippen molar-refractivity contribution in [2.24, 2.45) is 0 Å². The van der Waals surface area contributed by atoms with Crippen LogP contribution >= 0.6 is 0 Å². The number of benzene rings is 1. The molecule has 134 valence electrons. The van der Waals surface area contributed by atoms with Crippen LogP contribution in [0.5, 0.6) is 11.5 Å². The molecular formula is C17H20N2O6. The van der Waals surface area contributed by atoms with E-state index in [2.05, 4.69) is 10.5 Å². The van der Waals surface area contributed by atoms with E-state index in [0.29, 0.717) is 5.56 Å². The molecule has 0 bridgehead atoms. The van der Waals surface area contributed by atoms with Gasteiger partial charge in [0.05, 0.1) is 12.2 Å². The Kier molecular flexibility index (Phi) is 5.31. The van der Waals surface area contributed by atoms with Crippen LogP contribution in [0.3, 0.4) is 0 Å². The number of carbonyl (C=O) groups excluding carboxylic acids is 2. The van der Waals surface area contributed by atoms with E-state index in [1.807, 2.05) is 13.8 Å². The van der Waals surface area contributed by atoms with Crippen molar-refractivity contribution in [3.8, 4) is 22.8 Å². The Morgan fingerprint density at radius 1 is 1.28 bits per heavy atom. The Balaban J connectivity index is 2.65. The minimum atomic E-state index is -0.761.